The van der Waals surface area contributed by atoms with E-state index >= 15 is 0 Å². The SMILES string of the molecule is COc1ccc2c(c1)CCN(C(=O)Cc1csc(NC(=O)c3ccsc3)n1)C2. The van der Waals surface area contributed by atoms with E-state index in [1.54, 1.807) is 18.6 Å². The number of benzene rings is 1. The Labute approximate surface area is 170 Å². The standard InChI is InChI=1S/C20H19N3O3S2/c1-26-17-3-2-14-10-23(6-4-13(14)8-17)18(24)9-16-12-28-20(21-16)22-19(25)15-5-7-27-11-15/h2-3,5,7-8,11-12H,4,6,9-10H2,1H3,(H,21,22,25). The van der Waals surface area contributed by atoms with Crippen LogP contribution in [0.15, 0.2) is 40.4 Å². The van der Waals surface area contributed by atoms with Crippen LogP contribution < -0.4 is 10.1 Å². The van der Waals surface area contributed by atoms with Crippen LogP contribution >= 0.6 is 22.7 Å². The predicted molar refractivity (Wildman–Crippen MR) is 110 cm³/mol. The van der Waals surface area contributed by atoms with E-state index in [0.29, 0.717) is 29.5 Å². The molecule has 0 spiro atoms. The van der Waals surface area contributed by atoms with Crippen LogP contribution in [0.3, 0.4) is 0 Å². The molecule has 1 aliphatic rings. The summed E-state index contributed by atoms with van der Waals surface area (Å²) in [7, 11) is 1.66. The highest BCUT2D eigenvalue weighted by Crippen LogP contribution is 2.24. The van der Waals surface area contributed by atoms with E-state index in [4.69, 9.17) is 4.74 Å². The summed E-state index contributed by atoms with van der Waals surface area (Å²) < 4.78 is 5.27. The van der Waals surface area contributed by atoms with Gasteiger partial charge in [0, 0.05) is 23.8 Å². The molecule has 0 aliphatic carbocycles. The van der Waals surface area contributed by atoms with Crippen molar-refractivity contribution in [1.82, 2.24) is 9.88 Å². The molecule has 3 heterocycles. The number of ether oxygens (including phenoxy) is 1. The van der Waals surface area contributed by atoms with Gasteiger partial charge in [-0.15, -0.1) is 11.3 Å². The molecule has 28 heavy (non-hydrogen) atoms. The maximum atomic E-state index is 12.7. The number of nitrogens with one attached hydrogen (secondary N) is 1. The lowest BCUT2D eigenvalue weighted by Gasteiger charge is -2.29. The molecule has 0 atom stereocenters. The number of carbonyl (C=O) groups excluding carboxylic acids is 2. The van der Waals surface area contributed by atoms with Crippen LogP contribution in [0.5, 0.6) is 5.75 Å². The summed E-state index contributed by atoms with van der Waals surface area (Å²) >= 11 is 2.80. The molecular weight excluding hydrogens is 394 g/mol. The third kappa shape index (κ3) is 4.07. The summed E-state index contributed by atoms with van der Waals surface area (Å²) in [4.78, 5) is 31.0. The minimum absolute atomic E-state index is 0.0440. The van der Waals surface area contributed by atoms with Gasteiger partial charge in [0.2, 0.25) is 5.91 Å². The van der Waals surface area contributed by atoms with E-state index in [9.17, 15) is 9.59 Å². The number of hydrogen-bond acceptors (Lipinski definition) is 6. The Morgan fingerprint density at radius 1 is 1.25 bits per heavy atom. The molecule has 0 saturated carbocycles. The van der Waals surface area contributed by atoms with Crippen molar-refractivity contribution in [3.63, 3.8) is 0 Å². The molecule has 4 rings (SSSR count). The number of hydrogen-bond donors (Lipinski definition) is 1. The smallest absolute Gasteiger partial charge is 0.258 e. The monoisotopic (exact) mass is 413 g/mol. The van der Waals surface area contributed by atoms with Gasteiger partial charge in [0.05, 0.1) is 24.8 Å². The molecule has 0 unspecified atom stereocenters. The van der Waals surface area contributed by atoms with Gasteiger partial charge in [-0.2, -0.15) is 11.3 Å². The molecular formula is C20H19N3O3S2. The minimum Gasteiger partial charge on any atom is -0.497 e. The van der Waals surface area contributed by atoms with Gasteiger partial charge in [-0.05, 0) is 41.1 Å². The Kier molecular flexibility index (Phi) is 5.40. The minimum atomic E-state index is -0.184. The largest absolute Gasteiger partial charge is 0.497 e. The van der Waals surface area contributed by atoms with E-state index in [0.717, 1.165) is 17.7 Å². The number of fused-ring (bicyclic) bond motifs is 1. The zero-order valence-corrected chi connectivity index (χ0v) is 16.9. The number of methoxy groups -OCH3 is 1. The summed E-state index contributed by atoms with van der Waals surface area (Å²) in [6, 6.07) is 7.76. The van der Waals surface area contributed by atoms with Gasteiger partial charge in [0.25, 0.3) is 5.91 Å². The van der Waals surface area contributed by atoms with Gasteiger partial charge in [-0.25, -0.2) is 4.98 Å². The van der Waals surface area contributed by atoms with E-state index in [-0.39, 0.29) is 18.2 Å². The quantitative estimate of drug-likeness (QED) is 0.694. The lowest BCUT2D eigenvalue weighted by molar-refractivity contribution is -0.131. The van der Waals surface area contributed by atoms with Crippen LogP contribution in [0.25, 0.3) is 0 Å². The highest BCUT2D eigenvalue weighted by Gasteiger charge is 2.22. The van der Waals surface area contributed by atoms with Crippen molar-refractivity contribution in [3.8, 4) is 5.75 Å². The lowest BCUT2D eigenvalue weighted by atomic mass is 9.99. The van der Waals surface area contributed by atoms with Gasteiger partial charge < -0.3 is 9.64 Å². The number of aromatic nitrogens is 1. The molecule has 1 aromatic carbocycles. The average molecular weight is 414 g/mol. The molecule has 6 nitrogen and oxygen atoms in total. The van der Waals surface area contributed by atoms with Crippen LogP contribution in [0.2, 0.25) is 0 Å². The first-order chi connectivity index (χ1) is 13.6. The van der Waals surface area contributed by atoms with E-state index < -0.39 is 0 Å². The molecule has 8 heteroatoms. The maximum absolute atomic E-state index is 12.7. The van der Waals surface area contributed by atoms with Crippen molar-refractivity contribution >= 4 is 39.6 Å². The Bertz CT molecular complexity index is 998. The first-order valence-electron chi connectivity index (χ1n) is 8.84. The fourth-order valence-electron chi connectivity index (χ4n) is 3.14. The fourth-order valence-corrected chi connectivity index (χ4v) is 4.49. The third-order valence-electron chi connectivity index (χ3n) is 4.67. The Morgan fingerprint density at radius 3 is 2.93 bits per heavy atom. The first-order valence-corrected chi connectivity index (χ1v) is 10.7. The van der Waals surface area contributed by atoms with Crippen molar-refractivity contribution in [2.75, 3.05) is 19.0 Å². The van der Waals surface area contributed by atoms with Crippen LogP contribution in [0.1, 0.15) is 27.2 Å². The number of nitrogens with zero attached hydrogens (tertiary/aromatic N) is 2. The zero-order valence-electron chi connectivity index (χ0n) is 15.3. The number of amides is 2. The molecule has 2 amide bonds. The second kappa shape index (κ2) is 8.12. The van der Waals surface area contributed by atoms with Crippen LogP contribution in [-0.2, 0) is 24.2 Å². The molecule has 0 saturated heterocycles. The maximum Gasteiger partial charge on any atom is 0.258 e. The Hall–Kier alpha value is -2.71. The summed E-state index contributed by atoms with van der Waals surface area (Å²) in [6.45, 7) is 1.29. The molecule has 3 aromatic rings. The van der Waals surface area contributed by atoms with E-state index in [2.05, 4.69) is 10.3 Å². The zero-order chi connectivity index (χ0) is 19.5. The first kappa shape index (κ1) is 18.6. The Morgan fingerprint density at radius 2 is 2.14 bits per heavy atom. The number of carbonyl (C=O) groups is 2. The van der Waals surface area contributed by atoms with Gasteiger partial charge in [-0.3, -0.25) is 14.9 Å². The molecule has 0 bridgehead atoms. The van der Waals surface area contributed by atoms with Crippen molar-refractivity contribution in [2.24, 2.45) is 0 Å². The van der Waals surface area contributed by atoms with Gasteiger partial charge in [-0.1, -0.05) is 6.07 Å². The number of thiophene rings is 1. The topological polar surface area (TPSA) is 71.5 Å². The highest BCUT2D eigenvalue weighted by atomic mass is 32.1. The number of rotatable bonds is 5. The predicted octanol–water partition coefficient (Wildman–Crippen LogP) is 3.59. The molecule has 2 aromatic heterocycles. The second-order valence-corrected chi connectivity index (χ2v) is 8.12. The van der Waals surface area contributed by atoms with Gasteiger partial charge in [0.15, 0.2) is 5.13 Å². The molecule has 1 N–H and O–H groups in total. The lowest BCUT2D eigenvalue weighted by Crippen LogP contribution is -2.37. The van der Waals surface area contributed by atoms with Crippen molar-refractivity contribution in [2.45, 2.75) is 19.4 Å². The number of anilines is 1. The third-order valence-corrected chi connectivity index (χ3v) is 6.16. The summed E-state index contributed by atoms with van der Waals surface area (Å²) in [5.41, 5.74) is 3.68. The summed E-state index contributed by atoms with van der Waals surface area (Å²) in [5, 5.41) is 8.76. The van der Waals surface area contributed by atoms with Gasteiger partial charge >= 0.3 is 0 Å². The summed E-state index contributed by atoms with van der Waals surface area (Å²) in [6.07, 6.45) is 1.05. The second-order valence-electron chi connectivity index (χ2n) is 6.49. The van der Waals surface area contributed by atoms with Crippen LogP contribution in [0, 0.1) is 0 Å². The molecule has 0 fully saturated rings. The fraction of sp³-hybridized carbons (Fsp3) is 0.250. The molecule has 1 aliphatic heterocycles. The van der Waals surface area contributed by atoms with Gasteiger partial charge in [0.1, 0.15) is 5.75 Å². The van der Waals surface area contributed by atoms with E-state index in [1.165, 1.54) is 28.2 Å². The number of thiazole rings is 1. The highest BCUT2D eigenvalue weighted by molar-refractivity contribution is 7.14. The van der Waals surface area contributed by atoms with Crippen molar-refractivity contribution < 1.29 is 14.3 Å². The molecule has 144 valence electrons. The summed E-state index contributed by atoms with van der Waals surface area (Å²) in [5.74, 6) is 0.706. The average Bonchev–Trinajstić information content (AvgIpc) is 3.39. The van der Waals surface area contributed by atoms with Crippen LogP contribution in [-0.4, -0.2) is 35.4 Å². The van der Waals surface area contributed by atoms with Crippen LogP contribution in [0.4, 0.5) is 5.13 Å². The molecule has 0 radical (unpaired) electrons. The Balaban J connectivity index is 1.36. The van der Waals surface area contributed by atoms with Crippen molar-refractivity contribution in [3.05, 3.63) is 62.8 Å². The van der Waals surface area contributed by atoms with E-state index in [1.807, 2.05) is 33.9 Å². The normalized spacial score (nSPS) is 13.1. The van der Waals surface area contributed by atoms with Crippen molar-refractivity contribution in [1.29, 1.82) is 0 Å².